The molecule has 0 heterocycles. The molecule has 1 fully saturated rings. The van der Waals surface area contributed by atoms with Crippen molar-refractivity contribution in [2.24, 2.45) is 5.92 Å². The third-order valence-corrected chi connectivity index (χ3v) is 2.65. The Labute approximate surface area is 67.6 Å². The van der Waals surface area contributed by atoms with Gasteiger partial charge in [-0.3, -0.25) is 0 Å². The Hall–Kier alpha value is -0.370. The normalized spacial score (nSPS) is 37.5. The van der Waals surface area contributed by atoms with Gasteiger partial charge in [-0.15, -0.1) is 0 Å². The van der Waals surface area contributed by atoms with Crippen molar-refractivity contribution in [2.75, 3.05) is 0 Å². The Morgan fingerprint density at radius 1 is 1.73 bits per heavy atom. The van der Waals surface area contributed by atoms with Crippen LogP contribution in [0.3, 0.4) is 0 Å². The maximum absolute atomic E-state index is 10.8. The van der Waals surface area contributed by atoms with Crippen LogP contribution in [0.5, 0.6) is 0 Å². The summed E-state index contributed by atoms with van der Waals surface area (Å²) in [5.74, 6) is 0.400. The lowest BCUT2D eigenvalue weighted by Gasteiger charge is -2.24. The summed E-state index contributed by atoms with van der Waals surface area (Å²) < 4.78 is 0. The Kier molecular flexibility index (Phi) is 2.33. The molecule has 0 aliphatic heterocycles. The van der Waals surface area contributed by atoms with Crippen molar-refractivity contribution < 1.29 is 9.90 Å². The molecular weight excluding hydrogens is 140 g/mol. The molecule has 64 valence electrons. The van der Waals surface area contributed by atoms with Crippen molar-refractivity contribution in [3.05, 3.63) is 0 Å². The molecule has 1 N–H and O–H groups in total. The highest BCUT2D eigenvalue weighted by molar-refractivity contribution is 5.75. The lowest BCUT2D eigenvalue weighted by Crippen LogP contribution is -2.30. The van der Waals surface area contributed by atoms with Crippen molar-refractivity contribution in [3.63, 3.8) is 0 Å². The molecule has 2 nitrogen and oxygen atoms in total. The van der Waals surface area contributed by atoms with Gasteiger partial charge in [0.1, 0.15) is 5.78 Å². The molecular formula is C9H16O2. The standard InChI is InChI=1S/C9H16O2/c1-7(10)6-8-4-3-5-9(8,2)11/h8,11H,3-6H2,1-2H3/t8-,9+/m0/s1. The lowest BCUT2D eigenvalue weighted by atomic mass is 9.89. The third kappa shape index (κ3) is 2.03. The van der Waals surface area contributed by atoms with Gasteiger partial charge in [0, 0.05) is 6.42 Å². The van der Waals surface area contributed by atoms with Crippen LogP contribution in [-0.4, -0.2) is 16.5 Å². The van der Waals surface area contributed by atoms with E-state index in [2.05, 4.69) is 0 Å². The summed E-state index contributed by atoms with van der Waals surface area (Å²) in [6.07, 6.45) is 3.47. The van der Waals surface area contributed by atoms with E-state index in [4.69, 9.17) is 0 Å². The number of carbonyl (C=O) groups is 1. The van der Waals surface area contributed by atoms with Gasteiger partial charge in [0.25, 0.3) is 0 Å². The average Bonchev–Trinajstić information content (AvgIpc) is 2.10. The van der Waals surface area contributed by atoms with E-state index in [-0.39, 0.29) is 11.7 Å². The SMILES string of the molecule is CC(=O)C[C@@H]1CCC[C@@]1(C)O. The summed E-state index contributed by atoms with van der Waals surface area (Å²) in [5, 5.41) is 9.75. The first kappa shape index (κ1) is 8.72. The predicted octanol–water partition coefficient (Wildman–Crippen LogP) is 1.52. The molecule has 0 aromatic rings. The van der Waals surface area contributed by atoms with Gasteiger partial charge in [-0.1, -0.05) is 6.42 Å². The van der Waals surface area contributed by atoms with Gasteiger partial charge in [0.05, 0.1) is 5.60 Å². The van der Waals surface area contributed by atoms with Crippen LogP contribution >= 0.6 is 0 Å². The number of hydrogen-bond acceptors (Lipinski definition) is 2. The summed E-state index contributed by atoms with van der Waals surface area (Å²) >= 11 is 0. The fourth-order valence-electron chi connectivity index (χ4n) is 1.89. The van der Waals surface area contributed by atoms with Crippen molar-refractivity contribution in [3.8, 4) is 0 Å². The monoisotopic (exact) mass is 156 g/mol. The third-order valence-electron chi connectivity index (χ3n) is 2.65. The van der Waals surface area contributed by atoms with Gasteiger partial charge in [0.2, 0.25) is 0 Å². The van der Waals surface area contributed by atoms with Gasteiger partial charge in [-0.05, 0) is 32.6 Å². The van der Waals surface area contributed by atoms with E-state index in [9.17, 15) is 9.90 Å². The number of aliphatic hydroxyl groups is 1. The van der Waals surface area contributed by atoms with Gasteiger partial charge in [0.15, 0.2) is 0 Å². The number of rotatable bonds is 2. The van der Waals surface area contributed by atoms with Crippen LogP contribution in [0.2, 0.25) is 0 Å². The largest absolute Gasteiger partial charge is 0.390 e. The Balaban J connectivity index is 2.51. The molecule has 0 aromatic heterocycles. The van der Waals surface area contributed by atoms with E-state index >= 15 is 0 Å². The summed E-state index contributed by atoms with van der Waals surface area (Å²) in [6.45, 7) is 3.43. The zero-order chi connectivity index (χ0) is 8.48. The molecule has 1 aliphatic rings. The molecule has 0 saturated heterocycles. The first-order valence-electron chi connectivity index (χ1n) is 4.24. The van der Waals surface area contributed by atoms with E-state index in [1.165, 1.54) is 0 Å². The van der Waals surface area contributed by atoms with Crippen LogP contribution in [0.25, 0.3) is 0 Å². The molecule has 2 heteroatoms. The maximum atomic E-state index is 10.8. The van der Waals surface area contributed by atoms with Gasteiger partial charge < -0.3 is 9.90 Å². The lowest BCUT2D eigenvalue weighted by molar-refractivity contribution is -0.119. The highest BCUT2D eigenvalue weighted by Gasteiger charge is 2.36. The van der Waals surface area contributed by atoms with E-state index in [0.29, 0.717) is 6.42 Å². The average molecular weight is 156 g/mol. The van der Waals surface area contributed by atoms with Crippen LogP contribution < -0.4 is 0 Å². The first-order valence-corrected chi connectivity index (χ1v) is 4.24. The Bertz CT molecular complexity index is 161. The topological polar surface area (TPSA) is 37.3 Å². The molecule has 0 bridgehead atoms. The summed E-state index contributed by atoms with van der Waals surface area (Å²) in [7, 11) is 0. The number of hydrogen-bond donors (Lipinski definition) is 1. The number of ketones is 1. The van der Waals surface area contributed by atoms with Crippen LogP contribution in [-0.2, 0) is 4.79 Å². The maximum Gasteiger partial charge on any atom is 0.130 e. The smallest absolute Gasteiger partial charge is 0.130 e. The Morgan fingerprint density at radius 3 is 2.73 bits per heavy atom. The second kappa shape index (κ2) is 2.94. The van der Waals surface area contributed by atoms with Crippen LogP contribution in [0.15, 0.2) is 0 Å². The molecule has 1 saturated carbocycles. The summed E-state index contributed by atoms with van der Waals surface area (Å²) in [5.41, 5.74) is -0.578. The molecule has 0 aromatic carbocycles. The summed E-state index contributed by atoms with van der Waals surface area (Å²) in [4.78, 5) is 10.8. The van der Waals surface area contributed by atoms with Gasteiger partial charge >= 0.3 is 0 Å². The van der Waals surface area contributed by atoms with E-state index in [1.54, 1.807) is 6.92 Å². The number of Topliss-reactive ketones (excluding diaryl/α,β-unsaturated/α-hetero) is 1. The van der Waals surface area contributed by atoms with Crippen LogP contribution in [0.1, 0.15) is 39.5 Å². The minimum absolute atomic E-state index is 0.192. The van der Waals surface area contributed by atoms with Crippen molar-refractivity contribution in [1.82, 2.24) is 0 Å². The molecule has 2 atom stereocenters. The number of carbonyl (C=O) groups excluding carboxylic acids is 1. The van der Waals surface area contributed by atoms with Crippen molar-refractivity contribution in [2.45, 2.75) is 45.1 Å². The van der Waals surface area contributed by atoms with Gasteiger partial charge in [-0.2, -0.15) is 0 Å². The first-order chi connectivity index (χ1) is 5.02. The molecule has 1 aliphatic carbocycles. The van der Waals surface area contributed by atoms with E-state index in [0.717, 1.165) is 19.3 Å². The highest BCUT2D eigenvalue weighted by Crippen LogP contribution is 2.37. The zero-order valence-corrected chi connectivity index (χ0v) is 7.26. The molecule has 0 amide bonds. The minimum atomic E-state index is -0.578. The van der Waals surface area contributed by atoms with E-state index < -0.39 is 5.60 Å². The fraction of sp³-hybridized carbons (Fsp3) is 0.889. The predicted molar refractivity (Wildman–Crippen MR) is 43.3 cm³/mol. The van der Waals surface area contributed by atoms with Crippen LogP contribution in [0.4, 0.5) is 0 Å². The molecule has 11 heavy (non-hydrogen) atoms. The molecule has 1 rings (SSSR count). The second-order valence-corrected chi connectivity index (χ2v) is 3.85. The quantitative estimate of drug-likeness (QED) is 0.658. The zero-order valence-electron chi connectivity index (χ0n) is 7.26. The molecule has 0 radical (unpaired) electrons. The van der Waals surface area contributed by atoms with Crippen molar-refractivity contribution >= 4 is 5.78 Å². The summed E-state index contributed by atoms with van der Waals surface area (Å²) in [6, 6.07) is 0. The van der Waals surface area contributed by atoms with Crippen molar-refractivity contribution in [1.29, 1.82) is 0 Å². The van der Waals surface area contributed by atoms with E-state index in [1.807, 2.05) is 6.92 Å². The van der Waals surface area contributed by atoms with Gasteiger partial charge in [-0.25, -0.2) is 0 Å². The molecule has 0 spiro atoms. The Morgan fingerprint density at radius 2 is 2.36 bits per heavy atom. The highest BCUT2D eigenvalue weighted by atomic mass is 16.3. The van der Waals surface area contributed by atoms with Crippen LogP contribution in [0, 0.1) is 5.92 Å². The fourth-order valence-corrected chi connectivity index (χ4v) is 1.89. The minimum Gasteiger partial charge on any atom is -0.390 e. The second-order valence-electron chi connectivity index (χ2n) is 3.85. The molecule has 0 unspecified atom stereocenters.